The van der Waals surface area contributed by atoms with Crippen molar-refractivity contribution in [3.63, 3.8) is 0 Å². The van der Waals surface area contributed by atoms with Crippen molar-refractivity contribution in [2.24, 2.45) is 5.92 Å². The van der Waals surface area contributed by atoms with Crippen LogP contribution in [0.3, 0.4) is 0 Å². The standard InChI is InChI=1S/C18H24N6O/c1-9(11-4-5-11)22-17-14(19)10(2)23-16(24-17)13-15(12-6-7-12)20-8-21-18(13)25-3/h8-9,11-12H,4-7,19H2,1-3H3,(H,22,23,24)/t9-/m0/s1. The van der Waals surface area contributed by atoms with Gasteiger partial charge >= 0.3 is 0 Å². The van der Waals surface area contributed by atoms with Gasteiger partial charge in [0.2, 0.25) is 5.88 Å². The first kappa shape index (κ1) is 16.1. The largest absolute Gasteiger partial charge is 0.480 e. The average Bonchev–Trinajstić information content (AvgIpc) is 3.49. The van der Waals surface area contributed by atoms with E-state index in [1.807, 2.05) is 6.92 Å². The van der Waals surface area contributed by atoms with Gasteiger partial charge in [0.15, 0.2) is 11.6 Å². The number of aromatic nitrogens is 4. The summed E-state index contributed by atoms with van der Waals surface area (Å²) in [6.07, 6.45) is 6.33. The molecule has 1 atom stereocenters. The molecule has 0 radical (unpaired) electrons. The second-order valence-corrected chi connectivity index (χ2v) is 7.08. The van der Waals surface area contributed by atoms with E-state index >= 15 is 0 Å². The van der Waals surface area contributed by atoms with Crippen molar-refractivity contribution in [3.05, 3.63) is 17.7 Å². The number of ether oxygens (including phenoxy) is 1. The molecular weight excluding hydrogens is 316 g/mol. The van der Waals surface area contributed by atoms with E-state index in [-0.39, 0.29) is 0 Å². The molecule has 2 fully saturated rings. The molecule has 0 aliphatic heterocycles. The predicted molar refractivity (Wildman–Crippen MR) is 96.5 cm³/mol. The highest BCUT2D eigenvalue weighted by Crippen LogP contribution is 2.45. The smallest absolute Gasteiger partial charge is 0.227 e. The molecule has 0 aromatic carbocycles. The van der Waals surface area contributed by atoms with Gasteiger partial charge in [-0.3, -0.25) is 0 Å². The van der Waals surface area contributed by atoms with Gasteiger partial charge in [0, 0.05) is 12.0 Å². The van der Waals surface area contributed by atoms with E-state index in [0.29, 0.717) is 41.1 Å². The quantitative estimate of drug-likeness (QED) is 0.834. The van der Waals surface area contributed by atoms with Gasteiger partial charge in [-0.2, -0.15) is 0 Å². The Morgan fingerprint density at radius 1 is 1.20 bits per heavy atom. The van der Waals surface area contributed by atoms with E-state index in [1.165, 1.54) is 12.8 Å². The second kappa shape index (κ2) is 6.13. The van der Waals surface area contributed by atoms with E-state index in [0.717, 1.165) is 29.8 Å². The Kier molecular flexibility index (Phi) is 3.94. The third-order valence-corrected chi connectivity index (χ3v) is 5.05. The summed E-state index contributed by atoms with van der Waals surface area (Å²) in [5.41, 5.74) is 9.34. The average molecular weight is 340 g/mol. The lowest BCUT2D eigenvalue weighted by molar-refractivity contribution is 0.397. The molecule has 2 saturated carbocycles. The van der Waals surface area contributed by atoms with Gasteiger partial charge in [0.05, 0.1) is 24.2 Å². The van der Waals surface area contributed by atoms with E-state index in [4.69, 9.17) is 15.5 Å². The van der Waals surface area contributed by atoms with Crippen molar-refractivity contribution in [2.75, 3.05) is 18.2 Å². The summed E-state index contributed by atoms with van der Waals surface area (Å²) in [7, 11) is 1.61. The maximum atomic E-state index is 6.23. The lowest BCUT2D eigenvalue weighted by Gasteiger charge is -2.18. The van der Waals surface area contributed by atoms with Crippen LogP contribution < -0.4 is 15.8 Å². The summed E-state index contributed by atoms with van der Waals surface area (Å²) in [6, 6.07) is 0.348. The Morgan fingerprint density at radius 3 is 2.60 bits per heavy atom. The van der Waals surface area contributed by atoms with E-state index in [9.17, 15) is 0 Å². The first-order valence-corrected chi connectivity index (χ1v) is 8.88. The summed E-state index contributed by atoms with van der Waals surface area (Å²) in [4.78, 5) is 18.1. The summed E-state index contributed by atoms with van der Waals surface area (Å²) in [5, 5.41) is 3.47. The fourth-order valence-electron chi connectivity index (χ4n) is 3.15. The number of hydrogen-bond donors (Lipinski definition) is 2. The van der Waals surface area contributed by atoms with Crippen molar-refractivity contribution in [1.82, 2.24) is 19.9 Å². The maximum absolute atomic E-state index is 6.23. The molecule has 0 unspecified atom stereocenters. The highest BCUT2D eigenvalue weighted by Gasteiger charge is 2.32. The molecule has 0 saturated heterocycles. The Balaban J connectivity index is 1.79. The minimum Gasteiger partial charge on any atom is -0.480 e. The van der Waals surface area contributed by atoms with Crippen LogP contribution in [0.2, 0.25) is 0 Å². The molecule has 2 aromatic rings. The lowest BCUT2D eigenvalue weighted by Crippen LogP contribution is -2.20. The van der Waals surface area contributed by atoms with E-state index < -0.39 is 0 Å². The van der Waals surface area contributed by atoms with Crippen LogP contribution >= 0.6 is 0 Å². The Morgan fingerprint density at radius 2 is 1.96 bits per heavy atom. The molecule has 0 spiro atoms. The highest BCUT2D eigenvalue weighted by molar-refractivity contribution is 5.72. The van der Waals surface area contributed by atoms with Crippen LogP contribution in [-0.4, -0.2) is 33.1 Å². The second-order valence-electron chi connectivity index (χ2n) is 7.08. The summed E-state index contributed by atoms with van der Waals surface area (Å²) in [5.74, 6) is 2.93. The molecule has 2 aliphatic carbocycles. The molecule has 2 aliphatic rings. The molecule has 4 rings (SSSR count). The zero-order valence-corrected chi connectivity index (χ0v) is 14.9. The number of aryl methyl sites for hydroxylation is 1. The van der Waals surface area contributed by atoms with Crippen LogP contribution in [0.4, 0.5) is 11.5 Å². The first-order valence-electron chi connectivity index (χ1n) is 8.88. The molecule has 0 amide bonds. The molecule has 2 heterocycles. The van der Waals surface area contributed by atoms with E-state index in [1.54, 1.807) is 13.4 Å². The summed E-state index contributed by atoms with van der Waals surface area (Å²) in [6.45, 7) is 4.08. The third kappa shape index (κ3) is 3.10. The fourth-order valence-corrected chi connectivity index (χ4v) is 3.15. The number of rotatable bonds is 6. The van der Waals surface area contributed by atoms with Gasteiger partial charge < -0.3 is 15.8 Å². The molecule has 7 nitrogen and oxygen atoms in total. The van der Waals surface area contributed by atoms with E-state index in [2.05, 4.69) is 27.2 Å². The fraction of sp³-hybridized carbons (Fsp3) is 0.556. The van der Waals surface area contributed by atoms with Gasteiger partial charge in [-0.25, -0.2) is 19.9 Å². The molecule has 3 N–H and O–H groups in total. The van der Waals surface area contributed by atoms with Crippen LogP contribution in [0, 0.1) is 12.8 Å². The number of nitrogen functional groups attached to an aromatic ring is 1. The Bertz CT molecular complexity index is 800. The van der Waals surface area contributed by atoms with Gasteiger partial charge in [-0.1, -0.05) is 0 Å². The van der Waals surface area contributed by atoms with Gasteiger partial charge in [-0.15, -0.1) is 0 Å². The first-order chi connectivity index (χ1) is 12.1. The summed E-state index contributed by atoms with van der Waals surface area (Å²) >= 11 is 0. The molecule has 0 bridgehead atoms. The minimum atomic E-state index is 0.348. The maximum Gasteiger partial charge on any atom is 0.227 e. The number of hydrogen-bond acceptors (Lipinski definition) is 7. The Hall–Kier alpha value is -2.44. The zero-order valence-electron chi connectivity index (χ0n) is 14.9. The number of anilines is 2. The number of nitrogens with two attached hydrogens (primary N) is 1. The van der Waals surface area contributed by atoms with Crippen LogP contribution in [0.1, 0.15) is 49.9 Å². The zero-order chi connectivity index (χ0) is 17.6. The number of methoxy groups -OCH3 is 1. The molecule has 7 heteroatoms. The molecule has 2 aromatic heterocycles. The SMILES string of the molecule is COc1ncnc(C2CC2)c1-c1nc(C)c(N)c(N[C@@H](C)C2CC2)n1. The third-order valence-electron chi connectivity index (χ3n) is 5.05. The summed E-state index contributed by atoms with van der Waals surface area (Å²) < 4.78 is 5.47. The van der Waals surface area contributed by atoms with Crippen molar-refractivity contribution >= 4 is 11.5 Å². The highest BCUT2D eigenvalue weighted by atomic mass is 16.5. The predicted octanol–water partition coefficient (Wildman–Crippen LogP) is 2.92. The van der Waals surface area contributed by atoms with Crippen molar-refractivity contribution in [2.45, 2.75) is 51.5 Å². The van der Waals surface area contributed by atoms with Crippen molar-refractivity contribution in [3.8, 4) is 17.3 Å². The number of nitrogens with one attached hydrogen (secondary N) is 1. The topological polar surface area (TPSA) is 98.8 Å². The van der Waals surface area contributed by atoms with Crippen LogP contribution in [-0.2, 0) is 0 Å². The van der Waals surface area contributed by atoms with Gasteiger partial charge in [0.25, 0.3) is 0 Å². The molecular formula is C18H24N6O. The minimum absolute atomic E-state index is 0.348. The van der Waals surface area contributed by atoms with Gasteiger partial charge in [0.1, 0.15) is 11.9 Å². The van der Waals surface area contributed by atoms with Crippen LogP contribution in [0.15, 0.2) is 6.33 Å². The van der Waals surface area contributed by atoms with Crippen LogP contribution in [0.25, 0.3) is 11.4 Å². The monoisotopic (exact) mass is 340 g/mol. The molecule has 132 valence electrons. The normalized spacial score (nSPS) is 18.0. The lowest BCUT2D eigenvalue weighted by atomic mass is 10.1. The Labute approximate surface area is 147 Å². The molecule has 25 heavy (non-hydrogen) atoms. The van der Waals surface area contributed by atoms with Gasteiger partial charge in [-0.05, 0) is 45.4 Å². The van der Waals surface area contributed by atoms with Crippen molar-refractivity contribution in [1.29, 1.82) is 0 Å². The number of nitrogens with zero attached hydrogens (tertiary/aromatic N) is 4. The van der Waals surface area contributed by atoms with Crippen LogP contribution in [0.5, 0.6) is 5.88 Å². The van der Waals surface area contributed by atoms with Crippen molar-refractivity contribution < 1.29 is 4.74 Å².